The summed E-state index contributed by atoms with van der Waals surface area (Å²) in [6.07, 6.45) is 0.488. The van der Waals surface area contributed by atoms with Gasteiger partial charge >= 0.3 is 6.09 Å². The first-order chi connectivity index (χ1) is 10.1. The molecule has 0 saturated carbocycles. The highest BCUT2D eigenvalue weighted by Crippen LogP contribution is 2.12. The third kappa shape index (κ3) is 8.10. The van der Waals surface area contributed by atoms with Crippen molar-refractivity contribution in [3.05, 3.63) is 0 Å². The molecule has 0 aliphatic rings. The van der Waals surface area contributed by atoms with Crippen LogP contribution < -0.4 is 5.73 Å². The van der Waals surface area contributed by atoms with E-state index in [0.29, 0.717) is 19.0 Å². The molecule has 0 spiro atoms. The average Bonchev–Trinajstić information content (AvgIpc) is 2.37. The molecule has 6 heteroatoms. The number of nitrogens with two attached hydrogens (primary N) is 1. The summed E-state index contributed by atoms with van der Waals surface area (Å²) >= 11 is 0. The molecule has 0 aliphatic carbocycles. The molecule has 0 aromatic rings. The average molecular weight is 314 g/mol. The van der Waals surface area contributed by atoms with E-state index in [1.165, 1.54) is 0 Å². The maximum Gasteiger partial charge on any atom is 0.410 e. The topological polar surface area (TPSA) is 71.2 Å². The number of rotatable bonds is 7. The summed E-state index contributed by atoms with van der Waals surface area (Å²) in [6, 6.07) is 0.0963. The van der Waals surface area contributed by atoms with E-state index in [1.54, 1.807) is 4.90 Å². The molecule has 6 nitrogen and oxygen atoms in total. The van der Waals surface area contributed by atoms with Crippen molar-refractivity contribution in [3.8, 4) is 0 Å². The fourth-order valence-corrected chi connectivity index (χ4v) is 1.96. The number of nitrogens with zero attached hydrogens (tertiary/aromatic N) is 3. The highest BCUT2D eigenvalue weighted by atomic mass is 16.6. The third-order valence-electron chi connectivity index (χ3n) is 3.17. The van der Waals surface area contributed by atoms with Crippen molar-refractivity contribution >= 4 is 12.1 Å². The fraction of sp³-hybridized carbons (Fsp3) is 0.875. The summed E-state index contributed by atoms with van der Waals surface area (Å²) in [7, 11) is 0. The second-order valence-corrected chi connectivity index (χ2v) is 6.53. The summed E-state index contributed by atoms with van der Waals surface area (Å²) in [5.41, 5.74) is 5.45. The number of aliphatic imine (C=N–C) groups is 1. The molecule has 22 heavy (non-hydrogen) atoms. The number of hydrogen-bond acceptors (Lipinski definition) is 3. The third-order valence-corrected chi connectivity index (χ3v) is 3.17. The van der Waals surface area contributed by atoms with Crippen LogP contribution in [-0.2, 0) is 4.74 Å². The number of ether oxygens (including phenoxy) is 1. The van der Waals surface area contributed by atoms with Crippen LogP contribution in [0.5, 0.6) is 0 Å². The normalized spacial score (nSPS) is 12.5. The van der Waals surface area contributed by atoms with Crippen LogP contribution in [0.3, 0.4) is 0 Å². The van der Waals surface area contributed by atoms with E-state index >= 15 is 0 Å². The molecule has 130 valence electrons. The molecule has 0 unspecified atom stereocenters. The van der Waals surface area contributed by atoms with Gasteiger partial charge in [0, 0.05) is 32.2 Å². The molecule has 0 saturated heterocycles. The quantitative estimate of drug-likeness (QED) is 0.445. The van der Waals surface area contributed by atoms with Crippen LogP contribution in [0.15, 0.2) is 4.99 Å². The van der Waals surface area contributed by atoms with Crippen LogP contribution in [0.1, 0.15) is 54.9 Å². The van der Waals surface area contributed by atoms with Crippen molar-refractivity contribution in [3.63, 3.8) is 0 Å². The Morgan fingerprint density at radius 2 is 1.77 bits per heavy atom. The molecule has 0 atom stereocenters. The largest absolute Gasteiger partial charge is 0.444 e. The van der Waals surface area contributed by atoms with E-state index in [4.69, 9.17) is 10.5 Å². The predicted molar refractivity (Wildman–Crippen MR) is 92.1 cm³/mol. The predicted octanol–water partition coefficient (Wildman–Crippen LogP) is 2.68. The van der Waals surface area contributed by atoms with Crippen LogP contribution >= 0.6 is 0 Å². The van der Waals surface area contributed by atoms with Gasteiger partial charge in [-0.25, -0.2) is 4.79 Å². The standard InChI is InChI=1S/C16H34N4O2/c1-8-19(9-2)14(17)18-11-10-12-20(13(3)4)15(21)22-16(5,6)7/h13H,8-12H2,1-7H3,(H2,17,18). The molecule has 0 aromatic heterocycles. The van der Waals surface area contributed by atoms with Crippen LogP contribution in [0.25, 0.3) is 0 Å². The van der Waals surface area contributed by atoms with Crippen LogP contribution in [0.2, 0.25) is 0 Å². The van der Waals surface area contributed by atoms with Gasteiger partial charge in [-0.05, 0) is 54.9 Å². The van der Waals surface area contributed by atoms with Gasteiger partial charge < -0.3 is 20.3 Å². The number of amides is 1. The summed E-state index contributed by atoms with van der Waals surface area (Å²) in [5.74, 6) is 0.568. The number of carbonyl (C=O) groups excluding carboxylic acids is 1. The lowest BCUT2D eigenvalue weighted by Gasteiger charge is -2.30. The summed E-state index contributed by atoms with van der Waals surface area (Å²) in [6.45, 7) is 16.6. The van der Waals surface area contributed by atoms with Crippen molar-refractivity contribution in [2.24, 2.45) is 10.7 Å². The fourth-order valence-electron chi connectivity index (χ4n) is 1.96. The first kappa shape index (κ1) is 20.5. The first-order valence-corrected chi connectivity index (χ1v) is 8.16. The number of guanidine groups is 1. The summed E-state index contributed by atoms with van der Waals surface area (Å²) in [5, 5.41) is 0. The van der Waals surface area contributed by atoms with E-state index in [0.717, 1.165) is 19.5 Å². The molecule has 2 N–H and O–H groups in total. The number of carbonyl (C=O) groups is 1. The van der Waals surface area contributed by atoms with Gasteiger partial charge in [0.1, 0.15) is 5.60 Å². The molecule has 0 heterocycles. The lowest BCUT2D eigenvalue weighted by Crippen LogP contribution is -2.41. The molecule has 0 aliphatic heterocycles. The molecule has 0 radical (unpaired) electrons. The second kappa shape index (κ2) is 9.54. The Hall–Kier alpha value is -1.46. The zero-order valence-corrected chi connectivity index (χ0v) is 15.3. The molecule has 0 rings (SSSR count). The van der Waals surface area contributed by atoms with Gasteiger partial charge in [0.05, 0.1) is 0 Å². The Morgan fingerprint density at radius 3 is 2.18 bits per heavy atom. The zero-order valence-electron chi connectivity index (χ0n) is 15.3. The van der Waals surface area contributed by atoms with Crippen LogP contribution in [0.4, 0.5) is 4.79 Å². The van der Waals surface area contributed by atoms with Crippen LogP contribution in [-0.4, -0.2) is 59.7 Å². The van der Waals surface area contributed by atoms with E-state index in [1.807, 2.05) is 39.5 Å². The van der Waals surface area contributed by atoms with E-state index < -0.39 is 5.60 Å². The molecule has 1 amide bonds. The van der Waals surface area contributed by atoms with Crippen molar-refractivity contribution in [2.45, 2.75) is 66.5 Å². The maximum atomic E-state index is 12.2. The van der Waals surface area contributed by atoms with Crippen molar-refractivity contribution in [1.82, 2.24) is 9.80 Å². The van der Waals surface area contributed by atoms with E-state index in [9.17, 15) is 4.79 Å². The van der Waals surface area contributed by atoms with Crippen molar-refractivity contribution < 1.29 is 9.53 Å². The van der Waals surface area contributed by atoms with Crippen molar-refractivity contribution in [2.75, 3.05) is 26.2 Å². The van der Waals surface area contributed by atoms with Gasteiger partial charge in [0.25, 0.3) is 0 Å². The summed E-state index contributed by atoms with van der Waals surface area (Å²) < 4.78 is 5.43. The van der Waals surface area contributed by atoms with Gasteiger partial charge in [-0.1, -0.05) is 0 Å². The Labute approximate surface area is 135 Å². The van der Waals surface area contributed by atoms with Gasteiger partial charge in [-0.15, -0.1) is 0 Å². The lowest BCUT2D eigenvalue weighted by molar-refractivity contribution is 0.0190. The smallest absolute Gasteiger partial charge is 0.410 e. The van der Waals surface area contributed by atoms with Gasteiger partial charge in [0.15, 0.2) is 5.96 Å². The van der Waals surface area contributed by atoms with Crippen LogP contribution in [0, 0.1) is 0 Å². The molecular weight excluding hydrogens is 280 g/mol. The molecule has 0 fully saturated rings. The minimum absolute atomic E-state index is 0.0963. The monoisotopic (exact) mass is 314 g/mol. The van der Waals surface area contributed by atoms with E-state index in [-0.39, 0.29) is 12.1 Å². The molecular formula is C16H34N4O2. The van der Waals surface area contributed by atoms with Gasteiger partial charge in [0.2, 0.25) is 0 Å². The Morgan fingerprint density at radius 1 is 1.23 bits per heavy atom. The molecule has 0 bridgehead atoms. The van der Waals surface area contributed by atoms with Crippen molar-refractivity contribution in [1.29, 1.82) is 0 Å². The Kier molecular flexibility index (Phi) is 8.90. The highest BCUT2D eigenvalue weighted by molar-refractivity contribution is 5.77. The highest BCUT2D eigenvalue weighted by Gasteiger charge is 2.23. The van der Waals surface area contributed by atoms with Gasteiger partial charge in [-0.2, -0.15) is 0 Å². The Bertz CT molecular complexity index is 358. The minimum Gasteiger partial charge on any atom is -0.444 e. The van der Waals surface area contributed by atoms with E-state index in [2.05, 4.69) is 18.8 Å². The molecule has 0 aromatic carbocycles. The second-order valence-electron chi connectivity index (χ2n) is 6.53. The Balaban J connectivity index is 4.44. The zero-order chi connectivity index (χ0) is 17.3. The first-order valence-electron chi connectivity index (χ1n) is 8.16. The maximum absolute atomic E-state index is 12.2. The lowest BCUT2D eigenvalue weighted by atomic mass is 10.2. The van der Waals surface area contributed by atoms with Gasteiger partial charge in [-0.3, -0.25) is 4.99 Å². The summed E-state index contributed by atoms with van der Waals surface area (Å²) in [4.78, 5) is 20.3. The SMILES string of the molecule is CCN(CC)C(N)=NCCCN(C(=O)OC(C)(C)C)C(C)C. The minimum atomic E-state index is -0.477. The number of hydrogen-bond donors (Lipinski definition) is 1.